The topological polar surface area (TPSA) is 40.6 Å². The lowest BCUT2D eigenvalue weighted by Crippen LogP contribution is -2.39. The van der Waals surface area contributed by atoms with Crippen molar-refractivity contribution in [1.82, 2.24) is 9.80 Å². The first-order valence-corrected chi connectivity index (χ1v) is 8.04. The minimum atomic E-state index is -0.160. The van der Waals surface area contributed by atoms with Crippen molar-refractivity contribution < 1.29 is 9.59 Å². The molecular weight excluding hydrogens is 276 g/mol. The van der Waals surface area contributed by atoms with Gasteiger partial charge in [0.25, 0.3) is 11.8 Å². The van der Waals surface area contributed by atoms with Gasteiger partial charge in [-0.05, 0) is 31.2 Å². The first-order chi connectivity index (χ1) is 10.6. The Hall–Kier alpha value is -2.10. The number of carbonyl (C=O) groups excluding carboxylic acids is 2. The van der Waals surface area contributed by atoms with Crippen LogP contribution in [0.25, 0.3) is 5.57 Å². The number of benzene rings is 1. The normalized spacial score (nSPS) is 22.7. The lowest BCUT2D eigenvalue weighted by molar-refractivity contribution is -0.137. The molecule has 0 N–H and O–H groups in total. The SMILES string of the molecule is CCN1C(=O)C(c2ccccc2)=C(N2CCCC(C)C2)C1=O. The van der Waals surface area contributed by atoms with Gasteiger partial charge in [0.15, 0.2) is 0 Å². The molecule has 0 spiro atoms. The summed E-state index contributed by atoms with van der Waals surface area (Å²) in [5.74, 6) is 0.254. The zero-order chi connectivity index (χ0) is 15.7. The molecule has 1 atom stereocenters. The summed E-state index contributed by atoms with van der Waals surface area (Å²) < 4.78 is 0. The quantitative estimate of drug-likeness (QED) is 0.805. The molecule has 0 radical (unpaired) electrons. The molecule has 2 aliphatic heterocycles. The number of hydrogen-bond donors (Lipinski definition) is 0. The number of carbonyl (C=O) groups is 2. The predicted molar refractivity (Wildman–Crippen MR) is 85.7 cm³/mol. The van der Waals surface area contributed by atoms with Crippen molar-refractivity contribution in [3.05, 3.63) is 41.6 Å². The summed E-state index contributed by atoms with van der Waals surface area (Å²) in [7, 11) is 0. The third-order valence-electron chi connectivity index (χ3n) is 4.50. The highest BCUT2D eigenvalue weighted by Gasteiger charge is 2.41. The summed E-state index contributed by atoms with van der Waals surface area (Å²) in [4.78, 5) is 28.9. The van der Waals surface area contributed by atoms with Crippen molar-refractivity contribution in [2.75, 3.05) is 19.6 Å². The van der Waals surface area contributed by atoms with Crippen LogP contribution in [-0.2, 0) is 9.59 Å². The Morgan fingerprint density at radius 1 is 1.14 bits per heavy atom. The Morgan fingerprint density at radius 3 is 2.50 bits per heavy atom. The van der Waals surface area contributed by atoms with Gasteiger partial charge in [-0.2, -0.15) is 0 Å². The van der Waals surface area contributed by atoms with E-state index in [4.69, 9.17) is 0 Å². The molecule has 2 aliphatic rings. The van der Waals surface area contributed by atoms with Crippen LogP contribution in [0.1, 0.15) is 32.3 Å². The summed E-state index contributed by atoms with van der Waals surface area (Å²) in [6.07, 6.45) is 2.25. The van der Waals surface area contributed by atoms with Gasteiger partial charge >= 0.3 is 0 Å². The lowest BCUT2D eigenvalue weighted by Gasteiger charge is -2.33. The van der Waals surface area contributed by atoms with Crippen molar-refractivity contribution >= 4 is 17.4 Å². The van der Waals surface area contributed by atoms with Crippen molar-refractivity contribution in [2.45, 2.75) is 26.7 Å². The highest BCUT2D eigenvalue weighted by Crippen LogP contribution is 2.33. The number of hydrogen-bond acceptors (Lipinski definition) is 3. The van der Waals surface area contributed by atoms with Crippen molar-refractivity contribution in [3.63, 3.8) is 0 Å². The standard InChI is InChI=1S/C18H22N2O2/c1-3-20-17(21)15(14-9-5-4-6-10-14)16(18(20)22)19-11-7-8-13(2)12-19/h4-6,9-10,13H,3,7-8,11-12H2,1-2H3. The van der Waals surface area contributed by atoms with E-state index in [0.29, 0.717) is 23.7 Å². The van der Waals surface area contributed by atoms with Crippen LogP contribution < -0.4 is 0 Å². The molecular formula is C18H22N2O2. The second kappa shape index (κ2) is 5.95. The monoisotopic (exact) mass is 298 g/mol. The molecule has 4 nitrogen and oxygen atoms in total. The van der Waals surface area contributed by atoms with Crippen LogP contribution in [0, 0.1) is 5.92 Å². The minimum absolute atomic E-state index is 0.138. The molecule has 0 bridgehead atoms. The molecule has 1 aromatic carbocycles. The smallest absolute Gasteiger partial charge is 0.277 e. The zero-order valence-corrected chi connectivity index (χ0v) is 13.2. The van der Waals surface area contributed by atoms with Gasteiger partial charge in [-0.1, -0.05) is 37.3 Å². The first kappa shape index (κ1) is 14.8. The Balaban J connectivity index is 2.08. The lowest BCUT2D eigenvalue weighted by atomic mass is 9.98. The van der Waals surface area contributed by atoms with E-state index < -0.39 is 0 Å². The second-order valence-corrected chi connectivity index (χ2v) is 6.14. The molecule has 0 aromatic heterocycles. The van der Waals surface area contributed by atoms with Crippen LogP contribution in [0.4, 0.5) is 0 Å². The Labute approximate surface area is 131 Å². The largest absolute Gasteiger partial charge is 0.366 e. The molecule has 1 saturated heterocycles. The average molecular weight is 298 g/mol. The van der Waals surface area contributed by atoms with E-state index in [2.05, 4.69) is 11.8 Å². The first-order valence-electron chi connectivity index (χ1n) is 8.04. The van der Waals surface area contributed by atoms with Gasteiger partial charge in [0.2, 0.25) is 0 Å². The molecule has 22 heavy (non-hydrogen) atoms. The van der Waals surface area contributed by atoms with E-state index in [9.17, 15) is 9.59 Å². The van der Waals surface area contributed by atoms with Crippen molar-refractivity contribution in [2.24, 2.45) is 5.92 Å². The molecule has 0 saturated carbocycles. The maximum atomic E-state index is 12.7. The summed E-state index contributed by atoms with van der Waals surface area (Å²) >= 11 is 0. The number of likely N-dealkylation sites (N-methyl/N-ethyl adjacent to an activating group) is 1. The fraction of sp³-hybridized carbons (Fsp3) is 0.444. The predicted octanol–water partition coefficient (Wildman–Crippen LogP) is 2.52. The molecule has 1 unspecified atom stereocenters. The van der Waals surface area contributed by atoms with Gasteiger partial charge in [0.05, 0.1) is 5.57 Å². The Kier molecular flexibility index (Phi) is 4.01. The van der Waals surface area contributed by atoms with E-state index >= 15 is 0 Å². The number of piperidine rings is 1. The minimum Gasteiger partial charge on any atom is -0.366 e. The van der Waals surface area contributed by atoms with Crippen LogP contribution in [-0.4, -0.2) is 41.2 Å². The van der Waals surface area contributed by atoms with Gasteiger partial charge in [-0.3, -0.25) is 14.5 Å². The average Bonchev–Trinajstić information content (AvgIpc) is 2.78. The number of rotatable bonds is 3. The van der Waals surface area contributed by atoms with E-state index in [-0.39, 0.29) is 11.8 Å². The van der Waals surface area contributed by atoms with Crippen LogP contribution >= 0.6 is 0 Å². The van der Waals surface area contributed by atoms with E-state index in [1.165, 1.54) is 11.3 Å². The summed E-state index contributed by atoms with van der Waals surface area (Å²) in [6.45, 7) is 6.17. The summed E-state index contributed by atoms with van der Waals surface area (Å²) in [5, 5.41) is 0. The van der Waals surface area contributed by atoms with Gasteiger partial charge < -0.3 is 4.90 Å². The van der Waals surface area contributed by atoms with E-state index in [1.54, 1.807) is 0 Å². The Morgan fingerprint density at radius 2 is 1.86 bits per heavy atom. The van der Waals surface area contributed by atoms with Crippen LogP contribution in [0.15, 0.2) is 36.0 Å². The van der Waals surface area contributed by atoms with E-state index in [0.717, 1.165) is 25.1 Å². The third-order valence-corrected chi connectivity index (χ3v) is 4.50. The van der Waals surface area contributed by atoms with Gasteiger partial charge in [0, 0.05) is 19.6 Å². The van der Waals surface area contributed by atoms with Crippen molar-refractivity contribution in [3.8, 4) is 0 Å². The zero-order valence-electron chi connectivity index (χ0n) is 13.2. The highest BCUT2D eigenvalue weighted by molar-refractivity contribution is 6.35. The van der Waals surface area contributed by atoms with E-state index in [1.807, 2.05) is 37.3 Å². The van der Waals surface area contributed by atoms with Crippen LogP contribution in [0.3, 0.4) is 0 Å². The molecule has 1 aromatic rings. The highest BCUT2D eigenvalue weighted by atomic mass is 16.2. The maximum Gasteiger partial charge on any atom is 0.277 e. The molecule has 2 amide bonds. The fourth-order valence-electron chi connectivity index (χ4n) is 3.40. The number of imide groups is 1. The number of likely N-dealkylation sites (tertiary alicyclic amines) is 1. The van der Waals surface area contributed by atoms with Crippen LogP contribution in [0.5, 0.6) is 0 Å². The molecule has 0 aliphatic carbocycles. The second-order valence-electron chi connectivity index (χ2n) is 6.14. The summed E-state index contributed by atoms with van der Waals surface area (Å²) in [5.41, 5.74) is 2.01. The fourth-order valence-corrected chi connectivity index (χ4v) is 3.40. The molecule has 4 heteroatoms. The van der Waals surface area contributed by atoms with Gasteiger partial charge in [0.1, 0.15) is 5.70 Å². The third kappa shape index (κ3) is 2.43. The van der Waals surface area contributed by atoms with Gasteiger partial charge in [-0.25, -0.2) is 0 Å². The number of amides is 2. The molecule has 3 rings (SSSR count). The molecule has 1 fully saturated rings. The van der Waals surface area contributed by atoms with Crippen molar-refractivity contribution in [1.29, 1.82) is 0 Å². The summed E-state index contributed by atoms with van der Waals surface area (Å²) in [6, 6.07) is 9.56. The Bertz CT molecular complexity index is 621. The maximum absolute atomic E-state index is 12.7. The molecule has 2 heterocycles. The molecule has 116 valence electrons. The van der Waals surface area contributed by atoms with Gasteiger partial charge in [-0.15, -0.1) is 0 Å². The number of nitrogens with zero attached hydrogens (tertiary/aromatic N) is 2. The van der Waals surface area contributed by atoms with Crippen LogP contribution in [0.2, 0.25) is 0 Å².